The SMILES string of the molecule is CCCn1nnnc1COC(=O)c1csc(-c2cccs2)n1. The first-order valence-corrected chi connectivity index (χ1v) is 8.45. The van der Waals surface area contributed by atoms with Gasteiger partial charge in [0.2, 0.25) is 0 Å². The minimum absolute atomic E-state index is 0.0394. The van der Waals surface area contributed by atoms with Crippen molar-refractivity contribution in [2.45, 2.75) is 26.5 Å². The Labute approximate surface area is 134 Å². The van der Waals surface area contributed by atoms with Gasteiger partial charge in [0.25, 0.3) is 0 Å². The van der Waals surface area contributed by atoms with Gasteiger partial charge in [0.15, 0.2) is 18.1 Å². The summed E-state index contributed by atoms with van der Waals surface area (Å²) in [5, 5.41) is 15.8. The van der Waals surface area contributed by atoms with Crippen LogP contribution in [0.3, 0.4) is 0 Å². The standard InChI is InChI=1S/C13H13N5O2S2/c1-2-5-18-11(15-16-17-18)7-20-13(19)9-8-22-12(14-9)10-4-3-6-21-10/h3-4,6,8H,2,5,7H2,1H3. The van der Waals surface area contributed by atoms with E-state index in [-0.39, 0.29) is 6.61 Å². The summed E-state index contributed by atoms with van der Waals surface area (Å²) < 4.78 is 6.87. The number of thiophene rings is 1. The number of carbonyl (C=O) groups is 1. The molecule has 0 spiro atoms. The molecule has 0 amide bonds. The summed E-state index contributed by atoms with van der Waals surface area (Å²) in [5.41, 5.74) is 0.308. The fourth-order valence-electron chi connectivity index (χ4n) is 1.80. The second-order valence-electron chi connectivity index (χ2n) is 4.41. The van der Waals surface area contributed by atoms with E-state index in [4.69, 9.17) is 4.74 Å². The average Bonchev–Trinajstić information content (AvgIpc) is 3.25. The fraction of sp³-hybridized carbons (Fsp3) is 0.308. The summed E-state index contributed by atoms with van der Waals surface area (Å²) in [6.07, 6.45) is 0.905. The van der Waals surface area contributed by atoms with Crippen molar-refractivity contribution in [1.82, 2.24) is 25.2 Å². The highest BCUT2D eigenvalue weighted by Gasteiger charge is 2.15. The first kappa shape index (κ1) is 14.8. The van der Waals surface area contributed by atoms with Crippen LogP contribution in [0.1, 0.15) is 29.7 Å². The van der Waals surface area contributed by atoms with Crippen LogP contribution in [-0.2, 0) is 17.9 Å². The van der Waals surface area contributed by atoms with Gasteiger partial charge >= 0.3 is 5.97 Å². The number of ether oxygens (including phenoxy) is 1. The van der Waals surface area contributed by atoms with E-state index in [0.717, 1.165) is 16.3 Å². The van der Waals surface area contributed by atoms with Crippen LogP contribution in [0.4, 0.5) is 0 Å². The third-order valence-corrected chi connectivity index (χ3v) is 4.70. The van der Waals surface area contributed by atoms with Crippen molar-refractivity contribution in [2.24, 2.45) is 0 Å². The van der Waals surface area contributed by atoms with E-state index in [9.17, 15) is 4.79 Å². The quantitative estimate of drug-likeness (QED) is 0.644. The Hall–Kier alpha value is -2.13. The van der Waals surface area contributed by atoms with Crippen LogP contribution in [0, 0.1) is 0 Å². The van der Waals surface area contributed by atoms with Gasteiger partial charge in [-0.2, -0.15) is 0 Å². The number of hydrogen-bond acceptors (Lipinski definition) is 8. The molecular formula is C13H13N5O2S2. The second-order valence-corrected chi connectivity index (χ2v) is 6.22. The molecule has 0 bridgehead atoms. The molecule has 0 fully saturated rings. The van der Waals surface area contributed by atoms with Crippen LogP contribution >= 0.6 is 22.7 Å². The highest BCUT2D eigenvalue weighted by atomic mass is 32.1. The zero-order valence-corrected chi connectivity index (χ0v) is 13.4. The number of nitrogens with zero attached hydrogens (tertiary/aromatic N) is 5. The zero-order chi connectivity index (χ0) is 15.4. The smallest absolute Gasteiger partial charge is 0.358 e. The molecule has 3 heterocycles. The minimum Gasteiger partial charge on any atom is -0.453 e. The molecular weight excluding hydrogens is 322 g/mol. The third-order valence-electron chi connectivity index (χ3n) is 2.82. The molecule has 3 aromatic rings. The molecule has 0 aliphatic carbocycles. The van der Waals surface area contributed by atoms with Crippen molar-refractivity contribution in [3.05, 3.63) is 34.4 Å². The van der Waals surface area contributed by atoms with E-state index >= 15 is 0 Å². The normalized spacial score (nSPS) is 10.8. The predicted octanol–water partition coefficient (Wildman–Crippen LogP) is 2.63. The van der Waals surface area contributed by atoms with Crippen molar-refractivity contribution in [2.75, 3.05) is 0 Å². The number of aromatic nitrogens is 5. The lowest BCUT2D eigenvalue weighted by Gasteiger charge is -2.03. The van der Waals surface area contributed by atoms with Crippen molar-refractivity contribution >= 4 is 28.6 Å². The summed E-state index contributed by atoms with van der Waals surface area (Å²) in [6.45, 7) is 2.76. The first-order valence-electron chi connectivity index (χ1n) is 6.69. The van der Waals surface area contributed by atoms with Crippen molar-refractivity contribution in [3.8, 4) is 9.88 Å². The topological polar surface area (TPSA) is 82.8 Å². The Morgan fingerprint density at radius 3 is 3.09 bits per heavy atom. The van der Waals surface area contributed by atoms with E-state index in [1.807, 2.05) is 24.4 Å². The van der Waals surface area contributed by atoms with E-state index in [2.05, 4.69) is 20.5 Å². The molecule has 0 aliphatic rings. The van der Waals surface area contributed by atoms with Gasteiger partial charge in [-0.25, -0.2) is 14.5 Å². The lowest BCUT2D eigenvalue weighted by molar-refractivity contribution is 0.0450. The fourth-order valence-corrected chi connectivity index (χ4v) is 3.40. The summed E-state index contributed by atoms with van der Waals surface area (Å²) >= 11 is 3.01. The Balaban J connectivity index is 1.64. The molecule has 0 atom stereocenters. The lowest BCUT2D eigenvalue weighted by atomic mass is 10.4. The molecule has 3 rings (SSSR count). The first-order chi connectivity index (χ1) is 10.8. The molecule has 0 saturated heterocycles. The lowest BCUT2D eigenvalue weighted by Crippen LogP contribution is -2.11. The van der Waals surface area contributed by atoms with Crippen molar-refractivity contribution in [1.29, 1.82) is 0 Å². The van der Waals surface area contributed by atoms with Gasteiger partial charge in [-0.05, 0) is 28.3 Å². The van der Waals surface area contributed by atoms with Crippen molar-refractivity contribution in [3.63, 3.8) is 0 Å². The van der Waals surface area contributed by atoms with E-state index in [1.54, 1.807) is 21.4 Å². The Morgan fingerprint density at radius 2 is 2.32 bits per heavy atom. The molecule has 0 saturated carbocycles. The van der Waals surface area contributed by atoms with Gasteiger partial charge in [-0.3, -0.25) is 0 Å². The number of carbonyl (C=O) groups excluding carboxylic acids is 1. The number of aryl methyl sites for hydroxylation is 1. The molecule has 0 unspecified atom stereocenters. The molecule has 3 aromatic heterocycles. The molecule has 0 radical (unpaired) electrons. The van der Waals surface area contributed by atoms with E-state index < -0.39 is 5.97 Å². The van der Waals surface area contributed by atoms with Gasteiger partial charge in [-0.15, -0.1) is 27.8 Å². The van der Waals surface area contributed by atoms with Crippen LogP contribution in [-0.4, -0.2) is 31.2 Å². The highest BCUT2D eigenvalue weighted by molar-refractivity contribution is 7.20. The maximum atomic E-state index is 12.0. The largest absolute Gasteiger partial charge is 0.453 e. The van der Waals surface area contributed by atoms with Gasteiger partial charge in [0.1, 0.15) is 5.01 Å². The Bertz CT molecular complexity index is 750. The van der Waals surface area contributed by atoms with Gasteiger partial charge in [0.05, 0.1) is 4.88 Å². The number of tetrazole rings is 1. The maximum Gasteiger partial charge on any atom is 0.358 e. The Kier molecular flexibility index (Phi) is 4.54. The van der Waals surface area contributed by atoms with Gasteiger partial charge in [-0.1, -0.05) is 13.0 Å². The molecule has 22 heavy (non-hydrogen) atoms. The van der Waals surface area contributed by atoms with Gasteiger partial charge < -0.3 is 4.74 Å². The number of rotatable bonds is 6. The van der Waals surface area contributed by atoms with Crippen LogP contribution in [0.25, 0.3) is 9.88 Å². The van der Waals surface area contributed by atoms with E-state index in [1.165, 1.54) is 11.3 Å². The summed E-state index contributed by atoms with van der Waals surface area (Å²) in [5.74, 6) is 0.0639. The molecule has 9 heteroatoms. The minimum atomic E-state index is -0.467. The summed E-state index contributed by atoms with van der Waals surface area (Å²) in [7, 11) is 0. The van der Waals surface area contributed by atoms with Crippen molar-refractivity contribution < 1.29 is 9.53 Å². The zero-order valence-electron chi connectivity index (χ0n) is 11.8. The van der Waals surface area contributed by atoms with E-state index in [0.29, 0.717) is 18.1 Å². The molecule has 114 valence electrons. The molecule has 0 N–H and O–H groups in total. The monoisotopic (exact) mass is 335 g/mol. The average molecular weight is 335 g/mol. The number of thiazole rings is 1. The summed E-state index contributed by atoms with van der Waals surface area (Å²) in [4.78, 5) is 17.4. The Morgan fingerprint density at radius 1 is 1.41 bits per heavy atom. The second kappa shape index (κ2) is 6.75. The molecule has 0 aromatic carbocycles. The van der Waals surface area contributed by atoms with Gasteiger partial charge in [0, 0.05) is 11.9 Å². The van der Waals surface area contributed by atoms with Crippen LogP contribution < -0.4 is 0 Å². The third kappa shape index (κ3) is 3.20. The molecule has 0 aliphatic heterocycles. The molecule has 7 nitrogen and oxygen atoms in total. The number of esters is 1. The van der Waals surface area contributed by atoms with Crippen LogP contribution in [0.5, 0.6) is 0 Å². The van der Waals surface area contributed by atoms with Crippen LogP contribution in [0.15, 0.2) is 22.9 Å². The highest BCUT2D eigenvalue weighted by Crippen LogP contribution is 2.27. The van der Waals surface area contributed by atoms with Crippen LogP contribution in [0.2, 0.25) is 0 Å². The predicted molar refractivity (Wildman–Crippen MR) is 82.7 cm³/mol. The number of hydrogen-bond donors (Lipinski definition) is 0. The maximum absolute atomic E-state index is 12.0. The summed E-state index contributed by atoms with van der Waals surface area (Å²) in [6, 6.07) is 3.92.